The zero-order valence-corrected chi connectivity index (χ0v) is 9.92. The molecule has 4 nitrogen and oxygen atoms in total. The maximum Gasteiger partial charge on any atom is 0.349 e. The molecule has 0 aliphatic carbocycles. The number of rotatable bonds is 4. The second-order valence-electron chi connectivity index (χ2n) is 2.35. The fraction of sp³-hybridized carbons (Fsp3) is 0.429. The fourth-order valence-electron chi connectivity index (χ4n) is 0.830. The van der Waals surface area contributed by atoms with Gasteiger partial charge in [0.15, 0.2) is 0 Å². The van der Waals surface area contributed by atoms with Gasteiger partial charge in [-0.1, -0.05) is 22.6 Å². The van der Waals surface area contributed by atoms with Crippen LogP contribution in [-0.4, -0.2) is 19.1 Å². The van der Waals surface area contributed by atoms with Gasteiger partial charge in [-0.15, -0.1) is 11.8 Å². The summed E-state index contributed by atoms with van der Waals surface area (Å²) < 4.78 is 2.60. The molecule has 6 heteroatoms. The third-order valence-electron chi connectivity index (χ3n) is 1.45. The number of hydrogen-bond acceptors (Lipinski definition) is 4. The Kier molecular flexibility index (Phi) is 4.57. The van der Waals surface area contributed by atoms with Crippen molar-refractivity contribution in [3.63, 3.8) is 0 Å². The Balaban J connectivity index is 2.62. The maximum atomic E-state index is 11.2. The summed E-state index contributed by atoms with van der Waals surface area (Å²) in [6.07, 6.45) is 1.68. The van der Waals surface area contributed by atoms with E-state index in [9.17, 15) is 4.79 Å². The van der Waals surface area contributed by atoms with Crippen molar-refractivity contribution in [3.05, 3.63) is 22.7 Å². The Morgan fingerprint density at radius 3 is 3.08 bits per heavy atom. The van der Waals surface area contributed by atoms with Crippen LogP contribution in [0.1, 0.15) is 0 Å². The Bertz CT molecular complexity index is 328. The number of anilines is 1. The van der Waals surface area contributed by atoms with E-state index in [2.05, 4.69) is 27.6 Å². The van der Waals surface area contributed by atoms with Crippen LogP contribution in [0.25, 0.3) is 0 Å². The molecule has 72 valence electrons. The van der Waals surface area contributed by atoms with Gasteiger partial charge in [-0.25, -0.2) is 4.79 Å². The van der Waals surface area contributed by atoms with Crippen LogP contribution in [-0.2, 0) is 6.54 Å². The fourth-order valence-corrected chi connectivity index (χ4v) is 2.20. The van der Waals surface area contributed by atoms with Crippen molar-refractivity contribution in [3.8, 4) is 0 Å². The van der Waals surface area contributed by atoms with Crippen LogP contribution < -0.4 is 11.4 Å². The van der Waals surface area contributed by atoms with Crippen molar-refractivity contribution in [2.24, 2.45) is 0 Å². The highest BCUT2D eigenvalue weighted by Crippen LogP contribution is 2.04. The van der Waals surface area contributed by atoms with Gasteiger partial charge in [0.1, 0.15) is 5.82 Å². The monoisotopic (exact) mass is 311 g/mol. The molecule has 0 bridgehead atoms. The normalized spacial score (nSPS) is 10.2. The first-order valence-corrected chi connectivity index (χ1v) is 6.38. The van der Waals surface area contributed by atoms with Crippen molar-refractivity contribution in [2.75, 3.05) is 15.2 Å². The lowest BCUT2D eigenvalue weighted by atomic mass is 10.6. The smallest absolute Gasteiger partial charge is 0.349 e. The van der Waals surface area contributed by atoms with Gasteiger partial charge in [0.05, 0.1) is 0 Å². The first kappa shape index (κ1) is 10.8. The van der Waals surface area contributed by atoms with Crippen molar-refractivity contribution < 1.29 is 0 Å². The number of aromatic nitrogens is 2. The molecule has 1 rings (SSSR count). The number of hydrogen-bond donors (Lipinski definition) is 1. The third-order valence-corrected chi connectivity index (χ3v) is 3.40. The molecule has 0 amide bonds. The van der Waals surface area contributed by atoms with Gasteiger partial charge < -0.3 is 5.73 Å². The van der Waals surface area contributed by atoms with E-state index in [0.29, 0.717) is 6.54 Å². The van der Waals surface area contributed by atoms with Crippen molar-refractivity contribution in [1.82, 2.24) is 9.55 Å². The van der Waals surface area contributed by atoms with E-state index in [4.69, 9.17) is 5.73 Å². The van der Waals surface area contributed by atoms with E-state index in [1.807, 2.05) is 0 Å². The van der Waals surface area contributed by atoms with E-state index in [-0.39, 0.29) is 11.5 Å². The summed E-state index contributed by atoms with van der Waals surface area (Å²) in [6, 6.07) is 1.64. The van der Waals surface area contributed by atoms with E-state index in [1.165, 1.54) is 0 Å². The molecule has 0 fully saturated rings. The summed E-state index contributed by atoms with van der Waals surface area (Å²) >= 11 is 4.07. The van der Waals surface area contributed by atoms with E-state index in [1.54, 1.807) is 28.6 Å². The van der Waals surface area contributed by atoms with Crippen LogP contribution in [0.4, 0.5) is 5.82 Å². The van der Waals surface area contributed by atoms with Gasteiger partial charge in [-0.3, -0.25) is 4.57 Å². The molecule has 0 unspecified atom stereocenters. The van der Waals surface area contributed by atoms with E-state index in [0.717, 1.165) is 9.51 Å². The lowest BCUT2D eigenvalue weighted by molar-refractivity contribution is 0.708. The Morgan fingerprint density at radius 1 is 1.69 bits per heavy atom. The number of alkyl halides is 1. The molecule has 0 saturated carbocycles. The molecule has 1 heterocycles. The zero-order chi connectivity index (χ0) is 9.68. The average molecular weight is 311 g/mol. The van der Waals surface area contributed by atoms with E-state index >= 15 is 0 Å². The molecule has 0 aliphatic rings. The Hall–Kier alpha value is -0.240. The largest absolute Gasteiger partial charge is 0.383 e. The van der Waals surface area contributed by atoms with Crippen molar-refractivity contribution in [2.45, 2.75) is 6.54 Å². The van der Waals surface area contributed by atoms with Crippen molar-refractivity contribution in [1.29, 1.82) is 0 Å². The molecule has 1 aromatic rings. The van der Waals surface area contributed by atoms with Gasteiger partial charge in [0, 0.05) is 22.3 Å². The van der Waals surface area contributed by atoms with Crippen LogP contribution in [0.15, 0.2) is 17.1 Å². The number of aryl methyl sites for hydroxylation is 1. The van der Waals surface area contributed by atoms with E-state index < -0.39 is 0 Å². The minimum Gasteiger partial charge on any atom is -0.383 e. The quantitative estimate of drug-likeness (QED) is 0.511. The summed E-state index contributed by atoms with van der Waals surface area (Å²) in [7, 11) is 0. The molecule has 0 spiro atoms. The minimum absolute atomic E-state index is 0.269. The summed E-state index contributed by atoms with van der Waals surface area (Å²) in [6.45, 7) is 0.694. The highest BCUT2D eigenvalue weighted by molar-refractivity contribution is 14.1. The van der Waals surface area contributed by atoms with Crippen LogP contribution in [0.5, 0.6) is 0 Å². The average Bonchev–Trinajstić information content (AvgIpc) is 2.09. The zero-order valence-electron chi connectivity index (χ0n) is 6.94. The van der Waals surface area contributed by atoms with Gasteiger partial charge >= 0.3 is 5.69 Å². The lowest BCUT2D eigenvalue weighted by Crippen LogP contribution is -2.23. The number of nitrogens with zero attached hydrogens (tertiary/aromatic N) is 2. The van der Waals surface area contributed by atoms with Crippen LogP contribution in [0, 0.1) is 0 Å². The third kappa shape index (κ3) is 3.55. The summed E-state index contributed by atoms with van der Waals surface area (Å²) in [5.41, 5.74) is 5.08. The minimum atomic E-state index is -0.269. The van der Waals surface area contributed by atoms with Gasteiger partial charge in [0.25, 0.3) is 0 Å². The first-order chi connectivity index (χ1) is 6.24. The number of nitrogens with two attached hydrogens (primary N) is 1. The highest BCUT2D eigenvalue weighted by atomic mass is 127. The Labute approximate surface area is 94.1 Å². The SMILES string of the molecule is Nc1ccn(CCSCI)c(=O)n1. The molecule has 0 atom stereocenters. The highest BCUT2D eigenvalue weighted by Gasteiger charge is 1.96. The second-order valence-corrected chi connectivity index (χ2v) is 5.25. The molecule has 1 aromatic heterocycles. The molecule has 2 N–H and O–H groups in total. The van der Waals surface area contributed by atoms with Crippen LogP contribution in [0.3, 0.4) is 0 Å². The van der Waals surface area contributed by atoms with Gasteiger partial charge in [0.2, 0.25) is 0 Å². The van der Waals surface area contributed by atoms with Crippen molar-refractivity contribution >= 4 is 40.2 Å². The molecule has 0 aliphatic heterocycles. The number of nitrogen functional groups attached to an aromatic ring is 1. The molecule has 0 saturated heterocycles. The van der Waals surface area contributed by atoms with Crippen LogP contribution in [0.2, 0.25) is 0 Å². The predicted octanol–water partition coefficient (Wildman–Crippen LogP) is 0.951. The summed E-state index contributed by atoms with van der Waals surface area (Å²) in [5.74, 6) is 1.21. The second kappa shape index (κ2) is 5.48. The van der Waals surface area contributed by atoms with Gasteiger partial charge in [-0.05, 0) is 6.07 Å². The predicted molar refractivity (Wildman–Crippen MR) is 64.3 cm³/mol. The molecule has 0 aromatic carbocycles. The summed E-state index contributed by atoms with van der Waals surface area (Å²) in [5, 5.41) is 0. The topological polar surface area (TPSA) is 60.9 Å². The first-order valence-electron chi connectivity index (χ1n) is 3.70. The molecular weight excluding hydrogens is 301 g/mol. The molecule has 13 heavy (non-hydrogen) atoms. The van der Waals surface area contributed by atoms with Crippen LogP contribution >= 0.6 is 34.4 Å². The lowest BCUT2D eigenvalue weighted by Gasteiger charge is -2.02. The Morgan fingerprint density at radius 2 is 2.46 bits per heavy atom. The standard InChI is InChI=1S/C7H10IN3OS/c8-5-13-4-3-11-2-1-6(9)10-7(11)12/h1-2H,3-5H2,(H2,9,10,12). The number of halogens is 1. The summed E-state index contributed by atoms with van der Waals surface area (Å²) in [4.78, 5) is 14.8. The van der Waals surface area contributed by atoms with Gasteiger partial charge in [-0.2, -0.15) is 4.98 Å². The maximum absolute atomic E-state index is 11.2. The molecular formula is C7H10IN3OS. The molecule has 0 radical (unpaired) electrons. The number of thioether (sulfide) groups is 1.